The average molecular weight is 288 g/mol. The van der Waals surface area contributed by atoms with Gasteiger partial charge >= 0.3 is 0 Å². The Morgan fingerprint density at radius 2 is 2.35 bits per heavy atom. The SMILES string of the molecule is CC(Cl)c1nc2ccc(C#N)cc2n1Cc1ncon1. The highest BCUT2D eigenvalue weighted by atomic mass is 35.5. The van der Waals surface area contributed by atoms with Crippen molar-refractivity contribution in [3.8, 4) is 6.07 Å². The second kappa shape index (κ2) is 4.94. The molecule has 0 aliphatic heterocycles. The third-order valence-electron chi connectivity index (χ3n) is 2.97. The molecule has 1 unspecified atom stereocenters. The van der Waals surface area contributed by atoms with Crippen LogP contribution in [0.2, 0.25) is 0 Å². The van der Waals surface area contributed by atoms with Crippen LogP contribution in [0.25, 0.3) is 11.0 Å². The number of alkyl halides is 1. The Morgan fingerprint density at radius 3 is 3.00 bits per heavy atom. The largest absolute Gasteiger partial charge is 0.343 e. The molecule has 0 saturated carbocycles. The first kappa shape index (κ1) is 12.6. The summed E-state index contributed by atoms with van der Waals surface area (Å²) in [6, 6.07) is 7.44. The summed E-state index contributed by atoms with van der Waals surface area (Å²) >= 11 is 6.18. The zero-order valence-electron chi connectivity index (χ0n) is 10.6. The van der Waals surface area contributed by atoms with Crippen LogP contribution >= 0.6 is 11.6 Å². The van der Waals surface area contributed by atoms with Gasteiger partial charge in [0.05, 0.1) is 34.6 Å². The standard InChI is InChI=1S/C13H10ClN5O/c1-8(14)13-17-10-3-2-9(5-15)4-11(10)19(13)6-12-16-7-20-18-12/h2-4,7-8H,6H2,1H3. The van der Waals surface area contributed by atoms with Crippen molar-refractivity contribution in [1.82, 2.24) is 19.7 Å². The van der Waals surface area contributed by atoms with Gasteiger partial charge in [0.2, 0.25) is 6.39 Å². The highest BCUT2D eigenvalue weighted by Crippen LogP contribution is 2.25. The van der Waals surface area contributed by atoms with Crippen molar-refractivity contribution >= 4 is 22.6 Å². The smallest absolute Gasteiger partial charge is 0.213 e. The van der Waals surface area contributed by atoms with Gasteiger partial charge < -0.3 is 9.09 Å². The molecule has 2 aromatic heterocycles. The Bertz CT molecular complexity index is 785. The molecular formula is C13H10ClN5O. The molecule has 0 aliphatic carbocycles. The molecular weight excluding hydrogens is 278 g/mol. The monoisotopic (exact) mass is 287 g/mol. The Morgan fingerprint density at radius 1 is 1.50 bits per heavy atom. The molecule has 0 spiro atoms. The molecule has 0 fully saturated rings. The molecule has 3 aromatic rings. The summed E-state index contributed by atoms with van der Waals surface area (Å²) in [5, 5.41) is 12.5. The second-order valence-electron chi connectivity index (χ2n) is 4.33. The van der Waals surface area contributed by atoms with E-state index in [1.54, 1.807) is 12.1 Å². The molecule has 1 atom stereocenters. The number of halogens is 1. The molecule has 0 amide bonds. The van der Waals surface area contributed by atoms with Crippen LogP contribution in [0.5, 0.6) is 0 Å². The number of nitrogens with zero attached hydrogens (tertiary/aromatic N) is 5. The first-order valence-corrected chi connectivity index (χ1v) is 6.42. The fraction of sp³-hybridized carbons (Fsp3) is 0.231. The van der Waals surface area contributed by atoms with Gasteiger partial charge in [0, 0.05) is 0 Å². The van der Waals surface area contributed by atoms with Crippen LogP contribution in [0.1, 0.15) is 29.5 Å². The molecule has 2 heterocycles. The number of fused-ring (bicyclic) bond motifs is 1. The fourth-order valence-electron chi connectivity index (χ4n) is 2.08. The van der Waals surface area contributed by atoms with Crippen LogP contribution in [-0.4, -0.2) is 19.7 Å². The summed E-state index contributed by atoms with van der Waals surface area (Å²) in [6.45, 7) is 2.25. The third-order valence-corrected chi connectivity index (χ3v) is 3.16. The van der Waals surface area contributed by atoms with E-state index in [2.05, 4.69) is 21.2 Å². The Hall–Kier alpha value is -2.39. The lowest BCUT2D eigenvalue weighted by Crippen LogP contribution is -2.07. The van der Waals surface area contributed by atoms with Gasteiger partial charge in [-0.2, -0.15) is 10.2 Å². The zero-order chi connectivity index (χ0) is 14.1. The highest BCUT2D eigenvalue weighted by Gasteiger charge is 2.16. The van der Waals surface area contributed by atoms with E-state index in [-0.39, 0.29) is 5.38 Å². The minimum absolute atomic E-state index is 0.264. The number of nitriles is 1. The van der Waals surface area contributed by atoms with Crippen LogP contribution in [0.4, 0.5) is 0 Å². The maximum Gasteiger partial charge on any atom is 0.213 e. The van der Waals surface area contributed by atoms with Crippen molar-refractivity contribution in [2.24, 2.45) is 0 Å². The summed E-state index contributed by atoms with van der Waals surface area (Å²) in [6.07, 6.45) is 1.28. The van der Waals surface area contributed by atoms with E-state index in [1.807, 2.05) is 17.6 Å². The molecule has 6 nitrogen and oxygen atoms in total. The van der Waals surface area contributed by atoms with Crippen LogP contribution in [0, 0.1) is 11.3 Å². The first-order valence-electron chi connectivity index (χ1n) is 5.98. The molecule has 3 rings (SSSR count). The summed E-state index contributed by atoms with van der Waals surface area (Å²) < 4.78 is 6.64. The Labute approximate surface area is 119 Å². The lowest BCUT2D eigenvalue weighted by molar-refractivity contribution is 0.408. The molecule has 0 aliphatic rings. The van der Waals surface area contributed by atoms with Crippen molar-refractivity contribution in [1.29, 1.82) is 5.26 Å². The minimum Gasteiger partial charge on any atom is -0.343 e. The molecule has 0 radical (unpaired) electrons. The summed E-state index contributed by atoms with van der Waals surface area (Å²) in [7, 11) is 0. The van der Waals surface area contributed by atoms with Crippen molar-refractivity contribution in [2.75, 3.05) is 0 Å². The predicted molar refractivity (Wildman–Crippen MR) is 72.1 cm³/mol. The molecule has 20 heavy (non-hydrogen) atoms. The van der Waals surface area contributed by atoms with E-state index >= 15 is 0 Å². The Kier molecular flexibility index (Phi) is 3.12. The van der Waals surface area contributed by atoms with Crippen molar-refractivity contribution in [3.05, 3.63) is 41.8 Å². The predicted octanol–water partition coefficient (Wildman–Crippen LogP) is 2.64. The molecule has 1 aromatic carbocycles. The van der Waals surface area contributed by atoms with Gasteiger partial charge in [0.15, 0.2) is 5.82 Å². The quantitative estimate of drug-likeness (QED) is 0.692. The highest BCUT2D eigenvalue weighted by molar-refractivity contribution is 6.20. The average Bonchev–Trinajstić information content (AvgIpc) is 3.07. The van der Waals surface area contributed by atoms with Gasteiger partial charge in [-0.15, -0.1) is 11.6 Å². The number of hydrogen-bond donors (Lipinski definition) is 0. The fourth-order valence-corrected chi connectivity index (χ4v) is 2.25. The maximum atomic E-state index is 9.02. The summed E-state index contributed by atoms with van der Waals surface area (Å²) in [4.78, 5) is 8.51. The van der Waals surface area contributed by atoms with Crippen molar-refractivity contribution in [3.63, 3.8) is 0 Å². The van der Waals surface area contributed by atoms with Crippen molar-refractivity contribution in [2.45, 2.75) is 18.8 Å². The van der Waals surface area contributed by atoms with E-state index in [9.17, 15) is 0 Å². The van der Waals surface area contributed by atoms with Crippen LogP contribution < -0.4 is 0 Å². The van der Waals surface area contributed by atoms with Crippen molar-refractivity contribution < 1.29 is 4.52 Å². The number of rotatable bonds is 3. The van der Waals surface area contributed by atoms with E-state index in [4.69, 9.17) is 21.4 Å². The van der Waals surface area contributed by atoms with E-state index in [1.165, 1.54) is 6.39 Å². The van der Waals surface area contributed by atoms with Crippen LogP contribution in [-0.2, 0) is 6.54 Å². The van der Waals surface area contributed by atoms with Gasteiger partial charge in [-0.05, 0) is 25.1 Å². The van der Waals surface area contributed by atoms with Gasteiger partial charge in [0.25, 0.3) is 0 Å². The van der Waals surface area contributed by atoms with E-state index in [0.29, 0.717) is 23.8 Å². The molecule has 0 N–H and O–H groups in total. The molecule has 7 heteroatoms. The lowest BCUT2D eigenvalue weighted by atomic mass is 10.2. The van der Waals surface area contributed by atoms with Gasteiger partial charge in [-0.1, -0.05) is 5.16 Å². The third kappa shape index (κ3) is 2.12. The van der Waals surface area contributed by atoms with Gasteiger partial charge in [-0.3, -0.25) is 0 Å². The number of benzene rings is 1. The topological polar surface area (TPSA) is 80.5 Å². The molecule has 0 bridgehead atoms. The zero-order valence-corrected chi connectivity index (χ0v) is 11.4. The van der Waals surface area contributed by atoms with Gasteiger partial charge in [-0.25, -0.2) is 4.98 Å². The molecule has 100 valence electrons. The normalized spacial score (nSPS) is 12.4. The van der Waals surface area contributed by atoms with E-state index in [0.717, 1.165) is 11.0 Å². The Balaban J connectivity index is 2.19. The summed E-state index contributed by atoms with van der Waals surface area (Å²) in [5.74, 6) is 1.24. The maximum absolute atomic E-state index is 9.02. The van der Waals surface area contributed by atoms with Crippen LogP contribution in [0.3, 0.4) is 0 Å². The number of aromatic nitrogens is 4. The van der Waals surface area contributed by atoms with Gasteiger partial charge in [0.1, 0.15) is 5.82 Å². The summed E-state index contributed by atoms with van der Waals surface area (Å²) in [5.41, 5.74) is 2.19. The lowest BCUT2D eigenvalue weighted by Gasteiger charge is -2.07. The second-order valence-corrected chi connectivity index (χ2v) is 4.99. The first-order chi connectivity index (χ1) is 9.69. The van der Waals surface area contributed by atoms with Crippen LogP contribution in [0.15, 0.2) is 29.1 Å². The minimum atomic E-state index is -0.264. The number of imidazole rings is 1. The van der Waals surface area contributed by atoms with E-state index < -0.39 is 0 Å². The molecule has 0 saturated heterocycles. The number of hydrogen-bond acceptors (Lipinski definition) is 5.